The predicted octanol–water partition coefficient (Wildman–Crippen LogP) is 2.82. The molecule has 2 unspecified atom stereocenters. The van der Waals surface area contributed by atoms with E-state index in [-0.39, 0.29) is 5.54 Å². The standard InChI is InChI=1S/C15H24N4/c1-3-5-14-17-9-10-19(14)13-6-7-15(11-13,12-16)18-8-4-2/h9-10,13,18H,3-8,11H2,1-2H3. The SMILES string of the molecule is CCCNC1(C#N)CCC(n2ccnc2CCC)C1. The smallest absolute Gasteiger partial charge is 0.108 e. The maximum Gasteiger partial charge on any atom is 0.108 e. The largest absolute Gasteiger partial charge is 0.332 e. The highest BCUT2D eigenvalue weighted by Gasteiger charge is 2.39. The number of aryl methyl sites for hydroxylation is 1. The lowest BCUT2D eigenvalue weighted by molar-refractivity contribution is 0.396. The molecule has 1 aromatic heterocycles. The summed E-state index contributed by atoms with van der Waals surface area (Å²) in [6.07, 6.45) is 10.1. The van der Waals surface area contributed by atoms with E-state index in [9.17, 15) is 5.26 Å². The van der Waals surface area contributed by atoms with E-state index in [1.165, 1.54) is 0 Å². The predicted molar refractivity (Wildman–Crippen MR) is 75.7 cm³/mol. The molecule has 1 heterocycles. The third-order valence-electron chi connectivity index (χ3n) is 4.03. The van der Waals surface area contributed by atoms with Crippen molar-refractivity contribution in [2.45, 2.75) is 64.0 Å². The molecular weight excluding hydrogens is 236 g/mol. The lowest BCUT2D eigenvalue weighted by atomic mass is 9.99. The molecule has 0 bridgehead atoms. The minimum absolute atomic E-state index is 0.325. The highest BCUT2D eigenvalue weighted by Crippen LogP contribution is 2.38. The van der Waals surface area contributed by atoms with Crippen LogP contribution in [-0.2, 0) is 6.42 Å². The summed E-state index contributed by atoms with van der Waals surface area (Å²) in [5.74, 6) is 1.16. The summed E-state index contributed by atoms with van der Waals surface area (Å²) in [4.78, 5) is 4.45. The first kappa shape index (κ1) is 14.1. The van der Waals surface area contributed by atoms with Crippen LogP contribution in [0, 0.1) is 11.3 Å². The first-order valence-corrected chi connectivity index (χ1v) is 7.42. The minimum atomic E-state index is -0.325. The summed E-state index contributed by atoms with van der Waals surface area (Å²) in [6.45, 7) is 5.24. The van der Waals surface area contributed by atoms with E-state index >= 15 is 0 Å². The van der Waals surface area contributed by atoms with Gasteiger partial charge in [-0.05, 0) is 38.6 Å². The molecule has 1 aliphatic rings. The fourth-order valence-corrected chi connectivity index (χ4v) is 3.02. The number of rotatable bonds is 6. The van der Waals surface area contributed by atoms with Crippen molar-refractivity contribution in [3.8, 4) is 6.07 Å². The number of aromatic nitrogens is 2. The normalized spacial score (nSPS) is 26.5. The van der Waals surface area contributed by atoms with Gasteiger partial charge in [-0.15, -0.1) is 0 Å². The fraction of sp³-hybridized carbons (Fsp3) is 0.733. The van der Waals surface area contributed by atoms with Gasteiger partial charge < -0.3 is 4.57 Å². The van der Waals surface area contributed by atoms with Crippen LogP contribution in [0.25, 0.3) is 0 Å². The van der Waals surface area contributed by atoms with Gasteiger partial charge in [0.1, 0.15) is 11.4 Å². The van der Waals surface area contributed by atoms with Gasteiger partial charge in [-0.1, -0.05) is 13.8 Å². The van der Waals surface area contributed by atoms with Gasteiger partial charge in [0.2, 0.25) is 0 Å². The number of nitrogens with one attached hydrogen (secondary N) is 1. The fourth-order valence-electron chi connectivity index (χ4n) is 3.02. The zero-order valence-corrected chi connectivity index (χ0v) is 12.0. The molecule has 0 saturated heterocycles. The first-order valence-electron chi connectivity index (χ1n) is 7.42. The Morgan fingerprint density at radius 2 is 2.37 bits per heavy atom. The van der Waals surface area contributed by atoms with Gasteiger partial charge >= 0.3 is 0 Å². The molecule has 1 fully saturated rings. The number of hydrogen-bond acceptors (Lipinski definition) is 3. The molecule has 0 spiro atoms. The van der Waals surface area contributed by atoms with Gasteiger partial charge in [0.15, 0.2) is 0 Å². The van der Waals surface area contributed by atoms with Gasteiger partial charge in [-0.2, -0.15) is 5.26 Å². The van der Waals surface area contributed by atoms with E-state index < -0.39 is 0 Å². The Kier molecular flexibility index (Phi) is 4.60. The van der Waals surface area contributed by atoms with Crippen LogP contribution in [0.1, 0.15) is 57.8 Å². The van der Waals surface area contributed by atoms with Crippen molar-refractivity contribution in [1.29, 1.82) is 5.26 Å². The van der Waals surface area contributed by atoms with E-state index in [0.717, 1.165) is 50.9 Å². The molecular formula is C15H24N4. The molecule has 1 saturated carbocycles. The van der Waals surface area contributed by atoms with Crippen LogP contribution < -0.4 is 5.32 Å². The second-order valence-electron chi connectivity index (χ2n) is 5.52. The second kappa shape index (κ2) is 6.21. The molecule has 2 atom stereocenters. The maximum atomic E-state index is 9.49. The van der Waals surface area contributed by atoms with Crippen molar-refractivity contribution in [3.63, 3.8) is 0 Å². The summed E-state index contributed by atoms with van der Waals surface area (Å²) in [5.41, 5.74) is -0.325. The topological polar surface area (TPSA) is 53.6 Å². The van der Waals surface area contributed by atoms with E-state index in [4.69, 9.17) is 0 Å². The zero-order valence-electron chi connectivity index (χ0n) is 12.0. The van der Waals surface area contributed by atoms with Gasteiger partial charge in [0.25, 0.3) is 0 Å². The van der Waals surface area contributed by atoms with Crippen LogP contribution >= 0.6 is 0 Å². The first-order chi connectivity index (χ1) is 9.24. The summed E-state index contributed by atoms with van der Waals surface area (Å²) in [7, 11) is 0. The number of nitrogens with zero attached hydrogens (tertiary/aromatic N) is 3. The molecule has 0 amide bonds. The van der Waals surface area contributed by atoms with Crippen LogP contribution in [-0.4, -0.2) is 21.6 Å². The highest BCUT2D eigenvalue weighted by atomic mass is 15.1. The number of imidazole rings is 1. The Balaban J connectivity index is 2.08. The molecule has 1 N–H and O–H groups in total. The van der Waals surface area contributed by atoms with Gasteiger partial charge in [-0.3, -0.25) is 5.32 Å². The summed E-state index contributed by atoms with van der Waals surface area (Å²) in [6, 6.07) is 2.93. The molecule has 2 rings (SSSR count). The number of nitriles is 1. The van der Waals surface area contributed by atoms with E-state index in [2.05, 4.69) is 41.0 Å². The monoisotopic (exact) mass is 260 g/mol. The summed E-state index contributed by atoms with van der Waals surface area (Å²) in [5, 5.41) is 12.9. The van der Waals surface area contributed by atoms with Crippen LogP contribution in [0.5, 0.6) is 0 Å². The maximum absolute atomic E-state index is 9.49. The molecule has 0 radical (unpaired) electrons. The Bertz CT molecular complexity index is 445. The molecule has 104 valence electrons. The van der Waals surface area contributed by atoms with E-state index in [0.29, 0.717) is 6.04 Å². The minimum Gasteiger partial charge on any atom is -0.332 e. The summed E-state index contributed by atoms with van der Waals surface area (Å²) >= 11 is 0. The van der Waals surface area contributed by atoms with Crippen molar-refractivity contribution in [2.75, 3.05) is 6.54 Å². The van der Waals surface area contributed by atoms with Gasteiger partial charge in [-0.25, -0.2) is 4.98 Å². The third-order valence-corrected chi connectivity index (χ3v) is 4.03. The second-order valence-corrected chi connectivity index (χ2v) is 5.52. The third kappa shape index (κ3) is 2.98. The lowest BCUT2D eigenvalue weighted by Gasteiger charge is -2.23. The summed E-state index contributed by atoms with van der Waals surface area (Å²) < 4.78 is 2.29. The Morgan fingerprint density at radius 3 is 3.05 bits per heavy atom. The van der Waals surface area contributed by atoms with Gasteiger partial charge in [0.05, 0.1) is 6.07 Å². The van der Waals surface area contributed by atoms with Crippen LogP contribution in [0.4, 0.5) is 0 Å². The van der Waals surface area contributed by atoms with Crippen LogP contribution in [0.3, 0.4) is 0 Å². The molecule has 1 aliphatic carbocycles. The van der Waals surface area contributed by atoms with E-state index in [1.807, 2.05) is 6.20 Å². The van der Waals surface area contributed by atoms with Crippen LogP contribution in [0.15, 0.2) is 12.4 Å². The quantitative estimate of drug-likeness (QED) is 0.855. The van der Waals surface area contributed by atoms with Crippen LogP contribution in [0.2, 0.25) is 0 Å². The van der Waals surface area contributed by atoms with Crippen molar-refractivity contribution in [1.82, 2.24) is 14.9 Å². The van der Waals surface area contributed by atoms with Crippen molar-refractivity contribution in [2.24, 2.45) is 0 Å². The Hall–Kier alpha value is -1.34. The van der Waals surface area contributed by atoms with Gasteiger partial charge in [0, 0.05) is 24.9 Å². The average Bonchev–Trinajstić information content (AvgIpc) is 3.04. The van der Waals surface area contributed by atoms with E-state index in [1.54, 1.807) is 0 Å². The van der Waals surface area contributed by atoms with Crippen molar-refractivity contribution < 1.29 is 0 Å². The molecule has 4 nitrogen and oxygen atoms in total. The Labute approximate surface area is 115 Å². The lowest BCUT2D eigenvalue weighted by Crippen LogP contribution is -2.42. The molecule has 1 aromatic rings. The molecule has 0 aliphatic heterocycles. The molecule has 0 aromatic carbocycles. The zero-order chi connectivity index (χ0) is 13.7. The molecule has 19 heavy (non-hydrogen) atoms. The van der Waals surface area contributed by atoms with Crippen molar-refractivity contribution in [3.05, 3.63) is 18.2 Å². The molecule has 4 heteroatoms. The van der Waals surface area contributed by atoms with Crippen molar-refractivity contribution >= 4 is 0 Å². The highest BCUT2D eigenvalue weighted by molar-refractivity contribution is 5.14. The Morgan fingerprint density at radius 1 is 1.53 bits per heavy atom. The average molecular weight is 260 g/mol. The number of hydrogen-bond donors (Lipinski definition) is 1.